The maximum Gasteiger partial charge on any atom is 0.299 e. The van der Waals surface area contributed by atoms with Gasteiger partial charge in [0.2, 0.25) is 15.9 Å². The van der Waals surface area contributed by atoms with Gasteiger partial charge in [-0.2, -0.15) is 8.93 Å². The third kappa shape index (κ3) is 8.36. The van der Waals surface area contributed by atoms with E-state index in [1.165, 1.54) is 6.07 Å². The zero-order chi connectivity index (χ0) is 31.1. The van der Waals surface area contributed by atoms with E-state index in [2.05, 4.69) is 20.0 Å². The number of carbonyl (C=O) groups is 1. The highest BCUT2D eigenvalue weighted by Gasteiger charge is 2.29. The van der Waals surface area contributed by atoms with Crippen molar-refractivity contribution >= 4 is 55.1 Å². The van der Waals surface area contributed by atoms with Gasteiger partial charge in [0, 0.05) is 48.3 Å². The van der Waals surface area contributed by atoms with Gasteiger partial charge in [0.25, 0.3) is 11.4 Å². The first-order valence-electron chi connectivity index (χ1n) is 13.5. The van der Waals surface area contributed by atoms with Gasteiger partial charge in [-0.25, -0.2) is 8.42 Å². The molecule has 0 bridgehead atoms. The maximum atomic E-state index is 13.7. The number of likely N-dealkylation sites (tertiary alicyclic amines) is 1. The van der Waals surface area contributed by atoms with Crippen molar-refractivity contribution in [2.75, 3.05) is 19.6 Å². The number of sulfonamides is 1. The van der Waals surface area contributed by atoms with Crippen LogP contribution in [0.1, 0.15) is 24.0 Å². The van der Waals surface area contributed by atoms with Crippen LogP contribution >= 0.6 is 0 Å². The average molecular weight is 630 g/mol. The predicted molar refractivity (Wildman–Crippen MR) is 165 cm³/mol. The third-order valence-corrected chi connectivity index (χ3v) is 8.74. The Hall–Kier alpha value is -3.89. The minimum Gasteiger partial charge on any atom is -0.370 e. The summed E-state index contributed by atoms with van der Waals surface area (Å²) in [5, 5.41) is 12.3. The second-order valence-electron chi connectivity index (χ2n) is 10.4. The van der Waals surface area contributed by atoms with E-state index < -0.39 is 33.3 Å². The minimum atomic E-state index is -4.10. The molecular weight excluding hydrogens is 594 g/mol. The molecule has 0 spiro atoms. The number of H-pyrrole nitrogens is 1. The summed E-state index contributed by atoms with van der Waals surface area (Å²) < 4.78 is 52.9. The van der Waals surface area contributed by atoms with Crippen LogP contribution in [0.3, 0.4) is 0 Å². The van der Waals surface area contributed by atoms with Crippen molar-refractivity contribution in [3.05, 3.63) is 72.1 Å². The molecule has 2 atom stereocenters. The van der Waals surface area contributed by atoms with E-state index in [4.69, 9.17) is 24.5 Å². The molecule has 1 saturated heterocycles. The first-order valence-corrected chi connectivity index (χ1v) is 16.1. The van der Waals surface area contributed by atoms with Gasteiger partial charge in [-0.15, -0.1) is 0 Å². The molecule has 1 aliphatic rings. The summed E-state index contributed by atoms with van der Waals surface area (Å²) in [6, 6.07) is 13.5. The number of nitrogens with two attached hydrogens (primary N) is 1. The molecule has 2 aromatic heterocycles. The van der Waals surface area contributed by atoms with E-state index in [9.17, 15) is 13.2 Å². The SMILES string of the molecule is Cc1cnc2c(S(=O)(=O)N[C@H](Cc3c[nH]c4ccccc34)C(=O)NCC3CCCN(C(=N)N)C3)cccc2c1.O=S(O)O. The number of pyridine rings is 1. The largest absolute Gasteiger partial charge is 0.370 e. The molecule has 1 unspecified atom stereocenters. The monoisotopic (exact) mass is 629 g/mol. The highest BCUT2D eigenvalue weighted by Crippen LogP contribution is 2.24. The van der Waals surface area contributed by atoms with Gasteiger partial charge in [0.05, 0.1) is 5.52 Å². The molecule has 3 heterocycles. The normalized spacial score (nSPS) is 16.1. The van der Waals surface area contributed by atoms with Crippen LogP contribution in [0, 0.1) is 18.3 Å². The quantitative estimate of drug-likeness (QED) is 0.0864. The highest BCUT2D eigenvalue weighted by atomic mass is 32.2. The molecule has 13 nitrogen and oxygen atoms in total. The Morgan fingerprint density at radius 3 is 2.74 bits per heavy atom. The first-order chi connectivity index (χ1) is 20.4. The van der Waals surface area contributed by atoms with Crippen LogP contribution in [0.2, 0.25) is 0 Å². The molecule has 0 aliphatic carbocycles. The number of hydrogen-bond donors (Lipinski definition) is 7. The van der Waals surface area contributed by atoms with Gasteiger partial charge in [0.15, 0.2) is 5.96 Å². The van der Waals surface area contributed by atoms with E-state index in [-0.39, 0.29) is 23.2 Å². The molecule has 0 saturated carbocycles. The molecule has 5 rings (SSSR count). The lowest BCUT2D eigenvalue weighted by molar-refractivity contribution is -0.122. The minimum absolute atomic E-state index is 0.0230. The van der Waals surface area contributed by atoms with E-state index in [1.807, 2.05) is 49.5 Å². The fraction of sp³-hybridized carbons (Fsp3) is 0.321. The molecule has 1 aliphatic heterocycles. The topological polar surface area (TPSA) is 215 Å². The van der Waals surface area contributed by atoms with Crippen LogP contribution in [-0.2, 0) is 32.6 Å². The number of carbonyl (C=O) groups excluding carboxylic acids is 1. The van der Waals surface area contributed by atoms with Gasteiger partial charge in [-0.3, -0.25) is 24.3 Å². The average Bonchev–Trinajstić information content (AvgIpc) is 3.37. The summed E-state index contributed by atoms with van der Waals surface area (Å²) in [6.45, 7) is 3.57. The standard InChI is InChI=1S/C28H33N7O3S.H2O3S/c1-18-12-20-7-4-10-25(26(20)32-14-18)39(37,38)34-24(13-21-16-31-23-9-3-2-8-22(21)23)27(36)33-15-19-6-5-11-35(17-19)28(29)30;1-4(2)3/h2-4,7-10,12,14,16,19,24,31,34H,5-6,11,13,15,17H2,1H3,(H3,29,30)(H,33,36);(H2,1,2,3)/t19?,24-;/m1./s1. The number of fused-ring (bicyclic) bond motifs is 2. The van der Waals surface area contributed by atoms with Crippen molar-refractivity contribution in [1.29, 1.82) is 5.41 Å². The van der Waals surface area contributed by atoms with Crippen LogP contribution in [0.25, 0.3) is 21.8 Å². The number of amides is 1. The number of benzene rings is 2. The molecule has 15 heteroatoms. The molecular formula is C28H35N7O6S2. The molecule has 8 N–H and O–H groups in total. The molecule has 1 fully saturated rings. The molecule has 4 aromatic rings. The zero-order valence-electron chi connectivity index (χ0n) is 23.5. The van der Waals surface area contributed by atoms with E-state index in [0.29, 0.717) is 24.0 Å². The number of aryl methyl sites for hydroxylation is 1. The summed E-state index contributed by atoms with van der Waals surface area (Å²) >= 11 is -2.61. The molecule has 2 aromatic carbocycles. The van der Waals surface area contributed by atoms with E-state index >= 15 is 0 Å². The number of rotatable bonds is 8. The number of nitrogens with zero attached hydrogens (tertiary/aromatic N) is 2. The number of hydrogen-bond acceptors (Lipinski definition) is 6. The van der Waals surface area contributed by atoms with Gasteiger partial charge in [0.1, 0.15) is 10.9 Å². The lowest BCUT2D eigenvalue weighted by Gasteiger charge is -2.33. The fourth-order valence-corrected chi connectivity index (χ4v) is 6.61. The Kier molecular flexibility index (Phi) is 10.5. The molecule has 230 valence electrons. The lowest BCUT2D eigenvalue weighted by atomic mass is 9.98. The Balaban J connectivity index is 0.000000996. The van der Waals surface area contributed by atoms with Crippen LogP contribution in [-0.4, -0.2) is 74.1 Å². The van der Waals surface area contributed by atoms with Crippen molar-refractivity contribution in [2.24, 2.45) is 11.7 Å². The second kappa shape index (κ2) is 14.1. The Labute approximate surface area is 251 Å². The Morgan fingerprint density at radius 2 is 2.00 bits per heavy atom. The van der Waals surface area contributed by atoms with Crippen molar-refractivity contribution in [3.63, 3.8) is 0 Å². The van der Waals surface area contributed by atoms with Crippen LogP contribution in [0.15, 0.2) is 65.8 Å². The third-order valence-electron chi connectivity index (χ3n) is 7.24. The summed E-state index contributed by atoms with van der Waals surface area (Å²) in [5.41, 5.74) is 8.69. The lowest BCUT2D eigenvalue weighted by Crippen LogP contribution is -2.51. The Bertz CT molecular complexity index is 1740. The summed E-state index contributed by atoms with van der Waals surface area (Å²) in [5.74, 6) is -0.273. The molecule has 1 amide bonds. The van der Waals surface area contributed by atoms with Crippen LogP contribution in [0.5, 0.6) is 0 Å². The zero-order valence-corrected chi connectivity index (χ0v) is 25.1. The number of aromatic amines is 1. The second-order valence-corrected chi connectivity index (χ2v) is 12.5. The van der Waals surface area contributed by atoms with Crippen molar-refractivity contribution in [3.8, 4) is 0 Å². The highest BCUT2D eigenvalue weighted by molar-refractivity contribution is 7.89. The van der Waals surface area contributed by atoms with Gasteiger partial charge >= 0.3 is 0 Å². The van der Waals surface area contributed by atoms with Crippen molar-refractivity contribution < 1.29 is 26.5 Å². The predicted octanol–water partition coefficient (Wildman–Crippen LogP) is 2.32. The summed E-state index contributed by atoms with van der Waals surface area (Å²) in [4.78, 5) is 22.9. The number of aromatic nitrogens is 2. The smallest absolute Gasteiger partial charge is 0.299 e. The van der Waals surface area contributed by atoms with Crippen LogP contribution in [0.4, 0.5) is 0 Å². The van der Waals surface area contributed by atoms with Crippen molar-refractivity contribution in [1.82, 2.24) is 24.9 Å². The maximum absolute atomic E-state index is 13.7. The van der Waals surface area contributed by atoms with Gasteiger partial charge < -0.3 is 20.9 Å². The van der Waals surface area contributed by atoms with Gasteiger partial charge in [-0.05, 0) is 61.4 Å². The fourth-order valence-electron chi connectivity index (χ4n) is 5.24. The van der Waals surface area contributed by atoms with Gasteiger partial charge in [-0.1, -0.05) is 30.3 Å². The molecule has 43 heavy (non-hydrogen) atoms. The first kappa shape index (κ1) is 32.0. The number of guanidine groups is 1. The van der Waals surface area contributed by atoms with E-state index in [0.717, 1.165) is 41.4 Å². The van der Waals surface area contributed by atoms with Crippen LogP contribution < -0.4 is 15.8 Å². The number of para-hydroxylation sites is 2. The van der Waals surface area contributed by atoms with E-state index in [1.54, 1.807) is 17.2 Å². The number of piperidine rings is 1. The van der Waals surface area contributed by atoms with Crippen molar-refractivity contribution in [2.45, 2.75) is 37.1 Å². The number of nitrogens with one attached hydrogen (secondary N) is 4. The summed E-state index contributed by atoms with van der Waals surface area (Å²) in [7, 11) is -4.10. The molecule has 0 radical (unpaired) electrons. The summed E-state index contributed by atoms with van der Waals surface area (Å²) in [6.07, 6.45) is 5.37. The Morgan fingerprint density at radius 1 is 1.26 bits per heavy atom.